The van der Waals surface area contributed by atoms with Gasteiger partial charge in [-0.25, -0.2) is 4.79 Å². The molecule has 108 valence electrons. The van der Waals surface area contributed by atoms with E-state index in [4.69, 9.17) is 5.11 Å². The van der Waals surface area contributed by atoms with Crippen molar-refractivity contribution in [2.24, 2.45) is 0 Å². The van der Waals surface area contributed by atoms with Crippen LogP contribution in [0.5, 0.6) is 0 Å². The van der Waals surface area contributed by atoms with Gasteiger partial charge in [0.05, 0.1) is 0 Å². The first-order valence-electron chi connectivity index (χ1n) is 7.39. The van der Waals surface area contributed by atoms with Crippen LogP contribution in [0, 0.1) is 0 Å². The molecule has 1 aliphatic heterocycles. The van der Waals surface area contributed by atoms with E-state index in [1.807, 2.05) is 12.1 Å². The third-order valence-electron chi connectivity index (χ3n) is 3.95. The molecule has 1 aromatic rings. The predicted molar refractivity (Wildman–Crippen MR) is 81.5 cm³/mol. The van der Waals surface area contributed by atoms with E-state index < -0.39 is 5.97 Å². The Kier molecular flexibility index (Phi) is 5.36. The van der Waals surface area contributed by atoms with Crippen molar-refractivity contribution in [3.8, 4) is 0 Å². The first kappa shape index (κ1) is 14.8. The lowest BCUT2D eigenvalue weighted by Crippen LogP contribution is -2.31. The molecule has 0 amide bonds. The number of carboxylic acid groups (broad SMARTS) is 1. The molecule has 0 aromatic heterocycles. The molecule has 1 saturated heterocycles. The van der Waals surface area contributed by atoms with Crippen LogP contribution in [0.15, 0.2) is 30.3 Å². The normalized spacial score (nSPS) is 20.9. The van der Waals surface area contributed by atoms with E-state index in [0.717, 1.165) is 18.7 Å². The quantitative estimate of drug-likeness (QED) is 0.853. The summed E-state index contributed by atoms with van der Waals surface area (Å²) in [7, 11) is 0. The fourth-order valence-corrected chi connectivity index (χ4v) is 2.77. The van der Waals surface area contributed by atoms with E-state index in [1.165, 1.54) is 37.3 Å². The Morgan fingerprint density at radius 3 is 3.05 bits per heavy atom. The summed E-state index contributed by atoms with van der Waals surface area (Å²) in [4.78, 5) is 13.1. The Balaban J connectivity index is 2.05. The van der Waals surface area contributed by atoms with E-state index in [-0.39, 0.29) is 0 Å². The van der Waals surface area contributed by atoms with E-state index in [1.54, 1.807) is 6.08 Å². The number of carboxylic acids is 1. The SMILES string of the molecule is CC1CCCCCN1Cc1cccc(C=CC(=O)O)c1. The Hall–Kier alpha value is -1.61. The number of likely N-dealkylation sites (tertiary alicyclic amines) is 1. The topological polar surface area (TPSA) is 40.5 Å². The third kappa shape index (κ3) is 4.49. The molecule has 0 radical (unpaired) electrons. The predicted octanol–water partition coefficient (Wildman–Crippen LogP) is 3.55. The zero-order chi connectivity index (χ0) is 14.4. The first-order valence-corrected chi connectivity index (χ1v) is 7.39. The number of benzene rings is 1. The lowest BCUT2D eigenvalue weighted by atomic mass is 10.1. The number of carbonyl (C=O) groups is 1. The van der Waals surface area contributed by atoms with Gasteiger partial charge in [0.25, 0.3) is 0 Å². The molecule has 0 aliphatic carbocycles. The zero-order valence-electron chi connectivity index (χ0n) is 12.1. The Morgan fingerprint density at radius 1 is 1.40 bits per heavy atom. The van der Waals surface area contributed by atoms with Crippen LogP contribution < -0.4 is 0 Å². The number of rotatable bonds is 4. The standard InChI is InChI=1S/C17H23NO2/c1-14-6-3-2-4-11-18(14)13-16-8-5-7-15(12-16)9-10-17(19)20/h5,7-10,12,14H,2-4,6,11,13H2,1H3,(H,19,20). The van der Waals surface area contributed by atoms with Gasteiger partial charge in [0.15, 0.2) is 0 Å². The lowest BCUT2D eigenvalue weighted by molar-refractivity contribution is -0.131. The second-order valence-electron chi connectivity index (χ2n) is 5.59. The molecule has 0 bridgehead atoms. The molecule has 0 spiro atoms. The van der Waals surface area contributed by atoms with Crippen LogP contribution in [0.2, 0.25) is 0 Å². The molecule has 1 N–H and O–H groups in total. The van der Waals surface area contributed by atoms with Crippen LogP contribution in [0.3, 0.4) is 0 Å². The number of hydrogen-bond acceptors (Lipinski definition) is 2. The first-order chi connectivity index (χ1) is 9.65. The second-order valence-corrected chi connectivity index (χ2v) is 5.59. The molecular formula is C17H23NO2. The highest BCUT2D eigenvalue weighted by Gasteiger charge is 2.16. The van der Waals surface area contributed by atoms with Crippen molar-refractivity contribution >= 4 is 12.0 Å². The Morgan fingerprint density at radius 2 is 2.25 bits per heavy atom. The fraction of sp³-hybridized carbons (Fsp3) is 0.471. The molecule has 1 atom stereocenters. The number of aliphatic carboxylic acids is 1. The minimum absolute atomic E-state index is 0.635. The maximum absolute atomic E-state index is 10.6. The van der Waals surface area contributed by atoms with Gasteiger partial charge in [-0.05, 0) is 43.5 Å². The summed E-state index contributed by atoms with van der Waals surface area (Å²) >= 11 is 0. The van der Waals surface area contributed by atoms with E-state index in [0.29, 0.717) is 6.04 Å². The van der Waals surface area contributed by atoms with Gasteiger partial charge in [-0.3, -0.25) is 4.90 Å². The Labute approximate surface area is 120 Å². The summed E-state index contributed by atoms with van der Waals surface area (Å²) in [6.45, 7) is 4.42. The summed E-state index contributed by atoms with van der Waals surface area (Å²) < 4.78 is 0. The summed E-state index contributed by atoms with van der Waals surface area (Å²) in [5.41, 5.74) is 2.21. The minimum Gasteiger partial charge on any atom is -0.478 e. The number of hydrogen-bond donors (Lipinski definition) is 1. The van der Waals surface area contributed by atoms with Crippen LogP contribution in [0.4, 0.5) is 0 Å². The summed E-state index contributed by atoms with van der Waals surface area (Å²) in [5, 5.41) is 8.68. The molecule has 0 saturated carbocycles. The van der Waals surface area contributed by atoms with Gasteiger partial charge in [0, 0.05) is 18.7 Å². The average Bonchev–Trinajstić information content (AvgIpc) is 2.62. The molecule has 2 rings (SSSR count). The molecule has 20 heavy (non-hydrogen) atoms. The van der Waals surface area contributed by atoms with Crippen molar-refractivity contribution < 1.29 is 9.90 Å². The van der Waals surface area contributed by atoms with Gasteiger partial charge in [-0.2, -0.15) is 0 Å². The molecule has 1 unspecified atom stereocenters. The lowest BCUT2D eigenvalue weighted by Gasteiger charge is -2.27. The highest BCUT2D eigenvalue weighted by atomic mass is 16.4. The molecule has 1 heterocycles. The third-order valence-corrected chi connectivity index (χ3v) is 3.95. The molecule has 3 nitrogen and oxygen atoms in total. The van der Waals surface area contributed by atoms with E-state index in [9.17, 15) is 4.79 Å². The summed E-state index contributed by atoms with van der Waals surface area (Å²) in [6.07, 6.45) is 8.06. The van der Waals surface area contributed by atoms with Gasteiger partial charge >= 0.3 is 5.97 Å². The van der Waals surface area contributed by atoms with Crippen molar-refractivity contribution in [2.45, 2.75) is 45.2 Å². The van der Waals surface area contributed by atoms with Gasteiger partial charge < -0.3 is 5.11 Å². The van der Waals surface area contributed by atoms with Crippen LogP contribution in [0.25, 0.3) is 6.08 Å². The Bertz CT molecular complexity index is 482. The van der Waals surface area contributed by atoms with Crippen LogP contribution in [0.1, 0.15) is 43.7 Å². The van der Waals surface area contributed by atoms with Crippen molar-refractivity contribution in [1.82, 2.24) is 4.90 Å². The summed E-state index contributed by atoms with van der Waals surface area (Å²) in [5.74, 6) is -0.906. The van der Waals surface area contributed by atoms with E-state index >= 15 is 0 Å². The maximum atomic E-state index is 10.6. The second kappa shape index (κ2) is 7.25. The summed E-state index contributed by atoms with van der Waals surface area (Å²) in [6, 6.07) is 8.77. The van der Waals surface area contributed by atoms with Crippen molar-refractivity contribution in [3.05, 3.63) is 41.5 Å². The maximum Gasteiger partial charge on any atom is 0.328 e. The monoisotopic (exact) mass is 273 g/mol. The molecular weight excluding hydrogens is 250 g/mol. The largest absolute Gasteiger partial charge is 0.478 e. The smallest absolute Gasteiger partial charge is 0.328 e. The van der Waals surface area contributed by atoms with Crippen LogP contribution in [-0.2, 0) is 11.3 Å². The fourth-order valence-electron chi connectivity index (χ4n) is 2.77. The molecule has 1 fully saturated rings. The highest BCUT2D eigenvalue weighted by molar-refractivity contribution is 5.85. The van der Waals surface area contributed by atoms with Crippen LogP contribution in [-0.4, -0.2) is 28.6 Å². The van der Waals surface area contributed by atoms with Crippen molar-refractivity contribution in [3.63, 3.8) is 0 Å². The van der Waals surface area contributed by atoms with Gasteiger partial charge in [-0.1, -0.05) is 37.1 Å². The number of nitrogens with zero attached hydrogens (tertiary/aromatic N) is 1. The van der Waals surface area contributed by atoms with Crippen molar-refractivity contribution in [2.75, 3.05) is 6.54 Å². The van der Waals surface area contributed by atoms with Crippen LogP contribution >= 0.6 is 0 Å². The van der Waals surface area contributed by atoms with Crippen molar-refractivity contribution in [1.29, 1.82) is 0 Å². The van der Waals surface area contributed by atoms with Gasteiger partial charge in [0.1, 0.15) is 0 Å². The average molecular weight is 273 g/mol. The molecule has 1 aromatic carbocycles. The minimum atomic E-state index is -0.906. The molecule has 1 aliphatic rings. The molecule has 3 heteroatoms. The van der Waals surface area contributed by atoms with Gasteiger partial charge in [-0.15, -0.1) is 0 Å². The van der Waals surface area contributed by atoms with Gasteiger partial charge in [0.2, 0.25) is 0 Å². The highest BCUT2D eigenvalue weighted by Crippen LogP contribution is 2.19. The zero-order valence-corrected chi connectivity index (χ0v) is 12.1. The van der Waals surface area contributed by atoms with E-state index in [2.05, 4.69) is 24.0 Å².